The van der Waals surface area contributed by atoms with E-state index in [1.54, 1.807) is 19.0 Å². The number of benzene rings is 1. The molecule has 43 heavy (non-hydrogen) atoms. The molecular weight excluding hydrogens is 582 g/mol. The van der Waals surface area contributed by atoms with E-state index in [2.05, 4.69) is 10.6 Å². The predicted molar refractivity (Wildman–Crippen MR) is 160 cm³/mol. The molecule has 2 amide bonds. The zero-order valence-electron chi connectivity index (χ0n) is 24.7. The van der Waals surface area contributed by atoms with Gasteiger partial charge in [0.25, 0.3) is 5.91 Å². The van der Waals surface area contributed by atoms with Gasteiger partial charge in [0, 0.05) is 25.6 Å². The highest BCUT2D eigenvalue weighted by Gasteiger charge is 2.64. The molecule has 234 valence electrons. The summed E-state index contributed by atoms with van der Waals surface area (Å²) in [5.74, 6) is -8.15. The number of anilines is 2. The maximum Gasteiger partial charge on any atom is 0.255 e. The summed E-state index contributed by atoms with van der Waals surface area (Å²) in [6, 6.07) is -1.19. The lowest BCUT2D eigenvalue weighted by Gasteiger charge is -2.50. The fourth-order valence-electron chi connectivity index (χ4n) is 6.59. The van der Waals surface area contributed by atoms with E-state index in [9.17, 15) is 39.6 Å². The van der Waals surface area contributed by atoms with E-state index in [1.165, 1.54) is 19.0 Å². The number of nitrogens with one attached hydrogen (secondary N) is 2. The number of fused-ring (bicyclic) bond motifs is 3. The zero-order valence-corrected chi connectivity index (χ0v) is 25.5. The number of nitrogens with zero attached hydrogens (tertiary/aromatic N) is 2. The zero-order chi connectivity index (χ0) is 32.1. The van der Waals surface area contributed by atoms with Gasteiger partial charge in [-0.15, -0.1) is 0 Å². The molecule has 0 spiro atoms. The van der Waals surface area contributed by atoms with Gasteiger partial charge in [-0.2, -0.15) is 0 Å². The first kappa shape index (κ1) is 32.3. The molecule has 2 unspecified atom stereocenters. The molecule has 0 aliphatic heterocycles. The summed E-state index contributed by atoms with van der Waals surface area (Å²) in [4.78, 5) is 55.3. The van der Waals surface area contributed by atoms with Crippen LogP contribution < -0.4 is 21.3 Å². The van der Waals surface area contributed by atoms with E-state index in [0.717, 1.165) is 12.8 Å². The Labute approximate surface area is 254 Å². The lowest BCUT2D eigenvalue weighted by molar-refractivity contribution is -0.153. The van der Waals surface area contributed by atoms with Crippen LogP contribution in [-0.4, -0.2) is 102 Å². The topological polar surface area (TPSA) is 206 Å². The number of aliphatic hydroxyl groups excluding tert-OH is 2. The number of phenolic OH excluding ortho intramolecular Hbond substituents is 1. The quantitative estimate of drug-likeness (QED) is 0.118. The Hall–Kier alpha value is -3.65. The van der Waals surface area contributed by atoms with Crippen LogP contribution in [0.1, 0.15) is 37.3 Å². The molecule has 1 aromatic rings. The van der Waals surface area contributed by atoms with E-state index in [0.29, 0.717) is 17.8 Å². The van der Waals surface area contributed by atoms with Crippen LogP contribution in [0.4, 0.5) is 11.4 Å². The van der Waals surface area contributed by atoms with Crippen molar-refractivity contribution in [1.82, 2.24) is 10.2 Å². The molecule has 8 N–H and O–H groups in total. The standard InChI is InChI=1S/C29H38ClN5O8/c1-6-7-8-32-11-15(36)33-20-19(30)21(34(2)3)13-9-12-10-14-22(35(4)5)25(39)18(28(31)42)27(41)29(14,43)26(40)16(12)23(37)17(13)24(20)38/h12,14,22,32,37-38,41,43H,6-11H2,1-5H3,(H2,31,42)(H,33,36)/t12?,14?,22-,29-/m0/s1. The Morgan fingerprint density at radius 2 is 1.79 bits per heavy atom. The predicted octanol–water partition coefficient (Wildman–Crippen LogP) is 1.01. The van der Waals surface area contributed by atoms with Gasteiger partial charge >= 0.3 is 0 Å². The second kappa shape index (κ2) is 11.8. The van der Waals surface area contributed by atoms with Crippen molar-refractivity contribution in [1.29, 1.82) is 0 Å². The van der Waals surface area contributed by atoms with Gasteiger partial charge in [0.15, 0.2) is 17.1 Å². The van der Waals surface area contributed by atoms with Crippen LogP contribution >= 0.6 is 11.6 Å². The first-order valence-corrected chi connectivity index (χ1v) is 14.4. The van der Waals surface area contributed by atoms with Gasteiger partial charge in [-0.1, -0.05) is 24.9 Å². The van der Waals surface area contributed by atoms with Gasteiger partial charge in [-0.05, 0) is 51.4 Å². The lowest BCUT2D eigenvalue weighted by Crippen LogP contribution is -2.65. The van der Waals surface area contributed by atoms with E-state index in [-0.39, 0.29) is 41.2 Å². The number of ketones is 2. The average molecular weight is 620 g/mol. The number of rotatable bonds is 9. The van der Waals surface area contributed by atoms with E-state index < -0.39 is 69.7 Å². The second-order valence-electron chi connectivity index (χ2n) is 11.7. The Kier molecular flexibility index (Phi) is 8.85. The van der Waals surface area contributed by atoms with Crippen LogP contribution in [0.3, 0.4) is 0 Å². The summed E-state index contributed by atoms with van der Waals surface area (Å²) in [6.07, 6.45) is 1.80. The van der Waals surface area contributed by atoms with Crippen molar-refractivity contribution in [2.75, 3.05) is 51.5 Å². The summed E-state index contributed by atoms with van der Waals surface area (Å²) >= 11 is 6.73. The molecule has 1 aromatic carbocycles. The van der Waals surface area contributed by atoms with E-state index >= 15 is 0 Å². The lowest BCUT2D eigenvalue weighted by atomic mass is 9.57. The first-order valence-electron chi connectivity index (χ1n) is 14.0. The number of phenols is 1. The number of aromatic hydroxyl groups is 1. The van der Waals surface area contributed by atoms with Crippen LogP contribution in [0, 0.1) is 11.8 Å². The summed E-state index contributed by atoms with van der Waals surface area (Å²) < 4.78 is 0. The highest BCUT2D eigenvalue weighted by molar-refractivity contribution is 6.37. The van der Waals surface area contributed by atoms with E-state index in [4.69, 9.17) is 17.3 Å². The van der Waals surface area contributed by atoms with Crippen molar-refractivity contribution in [3.8, 4) is 5.75 Å². The first-order chi connectivity index (χ1) is 20.1. The summed E-state index contributed by atoms with van der Waals surface area (Å²) in [5.41, 5.74) is 1.86. The molecule has 14 heteroatoms. The molecule has 0 saturated heterocycles. The molecule has 0 radical (unpaired) electrons. The number of primary amides is 1. The molecule has 4 atom stereocenters. The number of carbonyl (C=O) groups is 4. The van der Waals surface area contributed by atoms with Gasteiger partial charge in [0.2, 0.25) is 11.7 Å². The number of carbonyl (C=O) groups excluding carboxylic acids is 4. The van der Waals surface area contributed by atoms with Gasteiger partial charge in [-0.3, -0.25) is 24.1 Å². The third-order valence-corrected chi connectivity index (χ3v) is 8.87. The maximum atomic E-state index is 14.1. The molecule has 4 rings (SSSR count). The molecule has 3 aliphatic carbocycles. The van der Waals surface area contributed by atoms with Crippen LogP contribution in [0.15, 0.2) is 16.9 Å². The number of hydrogen-bond donors (Lipinski definition) is 7. The monoisotopic (exact) mass is 619 g/mol. The van der Waals surface area contributed by atoms with Crippen molar-refractivity contribution in [2.45, 2.75) is 44.2 Å². The Bertz CT molecular complexity index is 1470. The molecule has 13 nitrogen and oxygen atoms in total. The SMILES string of the molecule is CCCCNCC(=O)Nc1c(O)c2c(c(N(C)C)c1Cl)CC1CC3[C@H](N(C)C)C(=O)C(C(N)=O)=C(O)[C@@]3(O)C(=O)C1=C2O. The van der Waals surface area contributed by atoms with Crippen molar-refractivity contribution in [3.05, 3.63) is 33.1 Å². The number of Topliss-reactive ketones (excluding diaryl/α,β-unsaturated/α-hetero) is 2. The second-order valence-corrected chi connectivity index (χ2v) is 12.1. The Balaban J connectivity index is 1.90. The number of aliphatic hydroxyl groups is 3. The Morgan fingerprint density at radius 1 is 1.14 bits per heavy atom. The molecule has 0 aromatic heterocycles. The van der Waals surface area contributed by atoms with Crippen LogP contribution in [0.2, 0.25) is 5.02 Å². The fraction of sp³-hybridized carbons (Fsp3) is 0.517. The minimum atomic E-state index is -2.75. The van der Waals surface area contributed by atoms with Crippen molar-refractivity contribution in [3.63, 3.8) is 0 Å². The smallest absolute Gasteiger partial charge is 0.255 e. The number of nitrogens with two attached hydrogens (primary N) is 1. The van der Waals surface area contributed by atoms with Gasteiger partial charge < -0.3 is 41.7 Å². The summed E-state index contributed by atoms with van der Waals surface area (Å²) in [5, 5.41) is 51.3. The third-order valence-electron chi connectivity index (χ3n) is 8.51. The minimum Gasteiger partial charge on any atom is -0.508 e. The molecule has 1 saturated carbocycles. The number of likely N-dealkylation sites (N-methyl/N-ethyl adjacent to an activating group) is 1. The fourth-order valence-corrected chi connectivity index (χ4v) is 7.01. The van der Waals surface area contributed by atoms with Crippen LogP contribution in [0.25, 0.3) is 5.76 Å². The van der Waals surface area contributed by atoms with Crippen LogP contribution in [0.5, 0.6) is 5.75 Å². The van der Waals surface area contributed by atoms with Crippen molar-refractivity contribution >= 4 is 52.1 Å². The maximum absolute atomic E-state index is 14.1. The number of halogens is 1. The molecule has 1 fully saturated rings. The third kappa shape index (κ3) is 5.03. The largest absolute Gasteiger partial charge is 0.508 e. The average Bonchev–Trinajstić information content (AvgIpc) is 2.90. The highest BCUT2D eigenvalue weighted by Crippen LogP contribution is 2.56. The molecular formula is C29H38ClN5O8. The summed E-state index contributed by atoms with van der Waals surface area (Å²) in [6.45, 7) is 2.56. The van der Waals surface area contributed by atoms with Gasteiger partial charge in [-0.25, -0.2) is 0 Å². The van der Waals surface area contributed by atoms with E-state index in [1.807, 2.05) is 6.92 Å². The van der Waals surface area contributed by atoms with Crippen molar-refractivity contribution < 1.29 is 39.6 Å². The minimum absolute atomic E-state index is 0.0174. The van der Waals surface area contributed by atoms with Crippen LogP contribution in [-0.2, 0) is 25.6 Å². The number of amides is 2. The van der Waals surface area contributed by atoms with Gasteiger partial charge in [0.1, 0.15) is 22.8 Å². The molecule has 0 heterocycles. The highest BCUT2D eigenvalue weighted by atomic mass is 35.5. The molecule has 3 aliphatic rings. The number of hydrogen-bond acceptors (Lipinski definition) is 11. The molecule has 0 bridgehead atoms. The summed E-state index contributed by atoms with van der Waals surface area (Å²) in [7, 11) is 6.44. The Morgan fingerprint density at radius 3 is 2.35 bits per heavy atom. The number of unbranched alkanes of at least 4 members (excludes halogenated alkanes) is 1. The van der Waals surface area contributed by atoms with Gasteiger partial charge in [0.05, 0.1) is 28.9 Å². The van der Waals surface area contributed by atoms with Crippen molar-refractivity contribution in [2.24, 2.45) is 17.6 Å². The normalized spacial score (nSPS) is 25.0.